The molecule has 1 heterocycles. The minimum Gasteiger partial charge on any atom is -0.492 e. The first kappa shape index (κ1) is 18.0. The Kier molecular flexibility index (Phi) is 5.49. The van der Waals surface area contributed by atoms with E-state index in [-0.39, 0.29) is 18.4 Å². The number of carbonyl (C=O) groups is 2. The number of benzene rings is 1. The molecule has 0 aromatic heterocycles. The molecule has 0 bridgehead atoms. The maximum absolute atomic E-state index is 12.1. The third-order valence-electron chi connectivity index (χ3n) is 5.22. The fourth-order valence-corrected chi connectivity index (χ4v) is 4.22. The van der Waals surface area contributed by atoms with Gasteiger partial charge < -0.3 is 15.2 Å². The number of carbonyl (C=O) groups excluding carboxylic acids is 1. The van der Waals surface area contributed by atoms with Gasteiger partial charge in [0.05, 0.1) is 18.5 Å². The molecule has 1 saturated heterocycles. The fourth-order valence-electron chi connectivity index (χ4n) is 4.04. The molecular formula is C18H23ClN2O4. The van der Waals surface area contributed by atoms with Crippen LogP contribution in [0.25, 0.3) is 0 Å². The molecule has 1 amide bonds. The van der Waals surface area contributed by atoms with E-state index in [1.54, 1.807) is 18.2 Å². The number of ether oxygens (including phenoxy) is 1. The summed E-state index contributed by atoms with van der Waals surface area (Å²) in [5, 5.41) is 13.0. The molecule has 2 fully saturated rings. The Morgan fingerprint density at radius 2 is 2.28 bits per heavy atom. The van der Waals surface area contributed by atoms with E-state index in [9.17, 15) is 14.7 Å². The first-order valence-electron chi connectivity index (χ1n) is 8.60. The molecule has 2 atom stereocenters. The number of halogens is 1. The van der Waals surface area contributed by atoms with Crippen molar-refractivity contribution in [2.75, 3.05) is 32.8 Å². The Bertz CT molecular complexity index is 654. The van der Waals surface area contributed by atoms with Crippen LogP contribution in [0.1, 0.15) is 19.3 Å². The summed E-state index contributed by atoms with van der Waals surface area (Å²) in [6.07, 6.45) is 2.63. The smallest absolute Gasteiger partial charge is 0.311 e. The van der Waals surface area contributed by atoms with E-state index in [1.165, 1.54) is 0 Å². The number of likely N-dealkylation sites (tertiary alicyclic amines) is 1. The van der Waals surface area contributed by atoms with Gasteiger partial charge in [-0.2, -0.15) is 0 Å². The van der Waals surface area contributed by atoms with Gasteiger partial charge in [-0.25, -0.2) is 0 Å². The lowest BCUT2D eigenvalue weighted by Crippen LogP contribution is -2.40. The van der Waals surface area contributed by atoms with Crippen LogP contribution in [0, 0.1) is 11.3 Å². The van der Waals surface area contributed by atoms with Crippen LogP contribution in [0.4, 0.5) is 0 Å². The van der Waals surface area contributed by atoms with Crippen LogP contribution < -0.4 is 10.1 Å². The lowest BCUT2D eigenvalue weighted by atomic mass is 9.81. The van der Waals surface area contributed by atoms with Crippen molar-refractivity contribution >= 4 is 23.5 Å². The molecule has 7 heteroatoms. The van der Waals surface area contributed by atoms with Crippen molar-refractivity contribution in [1.82, 2.24) is 10.2 Å². The second-order valence-corrected chi connectivity index (χ2v) is 7.31. The van der Waals surface area contributed by atoms with Gasteiger partial charge in [0.1, 0.15) is 12.4 Å². The van der Waals surface area contributed by atoms with Gasteiger partial charge >= 0.3 is 5.97 Å². The maximum atomic E-state index is 12.1. The van der Waals surface area contributed by atoms with Gasteiger partial charge in [-0.3, -0.25) is 14.5 Å². The number of amides is 1. The van der Waals surface area contributed by atoms with Gasteiger partial charge in [0.15, 0.2) is 0 Å². The SMILES string of the molecule is O=C(CN1C[C@@H]2CCC[C@@]2(C(=O)O)C1)NCCOc1cccc(Cl)c1. The number of hydrogen-bond donors (Lipinski definition) is 2. The molecule has 3 rings (SSSR count). The lowest BCUT2D eigenvalue weighted by molar-refractivity contribution is -0.149. The van der Waals surface area contributed by atoms with Crippen LogP contribution in [0.3, 0.4) is 0 Å². The number of aliphatic carboxylic acids is 1. The molecule has 0 unspecified atom stereocenters. The maximum Gasteiger partial charge on any atom is 0.311 e. The average Bonchev–Trinajstić information content (AvgIpc) is 3.09. The second kappa shape index (κ2) is 7.62. The van der Waals surface area contributed by atoms with Crippen molar-refractivity contribution in [1.29, 1.82) is 0 Å². The molecule has 2 N–H and O–H groups in total. The molecule has 0 radical (unpaired) electrons. The number of nitrogens with zero attached hydrogens (tertiary/aromatic N) is 1. The summed E-state index contributed by atoms with van der Waals surface area (Å²) >= 11 is 5.88. The van der Waals surface area contributed by atoms with Crippen LogP contribution in [-0.4, -0.2) is 54.7 Å². The van der Waals surface area contributed by atoms with Gasteiger partial charge in [-0.15, -0.1) is 0 Å². The van der Waals surface area contributed by atoms with Crippen LogP contribution in [0.5, 0.6) is 5.75 Å². The monoisotopic (exact) mass is 366 g/mol. The topological polar surface area (TPSA) is 78.9 Å². The van der Waals surface area contributed by atoms with E-state index in [0.29, 0.717) is 37.0 Å². The first-order chi connectivity index (χ1) is 12.0. The predicted octanol–water partition coefficient (Wildman–Crippen LogP) is 2.02. The highest BCUT2D eigenvalue weighted by atomic mass is 35.5. The Labute approximate surface area is 152 Å². The Morgan fingerprint density at radius 1 is 1.44 bits per heavy atom. The van der Waals surface area contributed by atoms with E-state index >= 15 is 0 Å². The number of carboxylic acid groups (broad SMARTS) is 1. The molecule has 1 saturated carbocycles. The summed E-state index contributed by atoms with van der Waals surface area (Å²) in [6.45, 7) is 2.15. The predicted molar refractivity (Wildman–Crippen MR) is 93.8 cm³/mol. The first-order valence-corrected chi connectivity index (χ1v) is 8.98. The summed E-state index contributed by atoms with van der Waals surface area (Å²) in [5.74, 6) is 0.0181. The van der Waals surface area contributed by atoms with Crippen molar-refractivity contribution in [2.45, 2.75) is 19.3 Å². The number of carboxylic acids is 1. The number of hydrogen-bond acceptors (Lipinski definition) is 4. The number of nitrogens with one attached hydrogen (secondary N) is 1. The van der Waals surface area contributed by atoms with Gasteiger partial charge in [-0.05, 0) is 37.0 Å². The van der Waals surface area contributed by atoms with E-state index in [0.717, 1.165) is 19.3 Å². The van der Waals surface area contributed by atoms with Crippen molar-refractivity contribution in [3.63, 3.8) is 0 Å². The van der Waals surface area contributed by atoms with Gasteiger partial charge in [0, 0.05) is 18.1 Å². The zero-order valence-corrected chi connectivity index (χ0v) is 14.8. The fraction of sp³-hybridized carbons (Fsp3) is 0.556. The molecule has 1 aromatic carbocycles. The van der Waals surface area contributed by atoms with E-state index in [4.69, 9.17) is 16.3 Å². The summed E-state index contributed by atoms with van der Waals surface area (Å²) in [6, 6.07) is 7.10. The third-order valence-corrected chi connectivity index (χ3v) is 5.46. The standard InChI is InChI=1S/C18H23ClN2O4/c19-14-4-1-5-15(9-14)25-8-7-20-16(22)11-21-10-13-3-2-6-18(13,12-21)17(23)24/h1,4-5,9,13H,2-3,6-8,10-12H2,(H,20,22)(H,23,24)/t13-,18+/m0/s1. The summed E-state index contributed by atoms with van der Waals surface area (Å²) < 4.78 is 5.52. The molecule has 6 nitrogen and oxygen atoms in total. The number of rotatable bonds is 7. The van der Waals surface area contributed by atoms with Crippen LogP contribution in [-0.2, 0) is 9.59 Å². The van der Waals surface area contributed by atoms with Crippen LogP contribution in [0.15, 0.2) is 24.3 Å². The van der Waals surface area contributed by atoms with Gasteiger partial charge in [0.25, 0.3) is 0 Å². The van der Waals surface area contributed by atoms with Crippen LogP contribution in [0.2, 0.25) is 5.02 Å². The van der Waals surface area contributed by atoms with Crippen molar-refractivity contribution in [2.24, 2.45) is 11.3 Å². The molecule has 0 spiro atoms. The Balaban J connectivity index is 1.39. The Morgan fingerprint density at radius 3 is 3.00 bits per heavy atom. The molecule has 136 valence electrons. The normalized spacial score (nSPS) is 25.6. The molecule has 1 aliphatic heterocycles. The summed E-state index contributed by atoms with van der Waals surface area (Å²) in [7, 11) is 0. The van der Waals surface area contributed by atoms with Crippen molar-refractivity contribution < 1.29 is 19.4 Å². The van der Waals surface area contributed by atoms with Crippen molar-refractivity contribution in [3.05, 3.63) is 29.3 Å². The third kappa shape index (κ3) is 4.07. The minimum atomic E-state index is -0.715. The van der Waals surface area contributed by atoms with E-state index < -0.39 is 11.4 Å². The quantitative estimate of drug-likeness (QED) is 0.722. The highest BCUT2D eigenvalue weighted by Gasteiger charge is 2.54. The number of fused-ring (bicyclic) bond motifs is 1. The van der Waals surface area contributed by atoms with Gasteiger partial charge in [0.2, 0.25) is 5.91 Å². The molecule has 2 aliphatic rings. The zero-order valence-electron chi connectivity index (χ0n) is 14.0. The average molecular weight is 367 g/mol. The molecular weight excluding hydrogens is 344 g/mol. The van der Waals surface area contributed by atoms with Crippen molar-refractivity contribution in [3.8, 4) is 5.75 Å². The molecule has 1 aliphatic carbocycles. The van der Waals surface area contributed by atoms with E-state index in [1.807, 2.05) is 11.0 Å². The molecule has 1 aromatic rings. The minimum absolute atomic E-state index is 0.102. The highest BCUT2D eigenvalue weighted by Crippen LogP contribution is 2.48. The van der Waals surface area contributed by atoms with E-state index in [2.05, 4.69) is 5.32 Å². The second-order valence-electron chi connectivity index (χ2n) is 6.88. The molecule has 25 heavy (non-hydrogen) atoms. The summed E-state index contributed by atoms with van der Waals surface area (Å²) in [5.41, 5.74) is -0.643. The Hall–Kier alpha value is -1.79. The van der Waals surface area contributed by atoms with Crippen LogP contribution >= 0.6 is 11.6 Å². The van der Waals surface area contributed by atoms with Gasteiger partial charge in [-0.1, -0.05) is 24.1 Å². The highest BCUT2D eigenvalue weighted by molar-refractivity contribution is 6.30. The lowest BCUT2D eigenvalue weighted by Gasteiger charge is -2.23. The summed E-state index contributed by atoms with van der Waals surface area (Å²) in [4.78, 5) is 25.7. The zero-order chi connectivity index (χ0) is 17.9. The largest absolute Gasteiger partial charge is 0.492 e.